The molecule has 0 aromatic rings. The van der Waals surface area contributed by atoms with Crippen LogP contribution in [0.4, 0.5) is 0 Å². The van der Waals surface area contributed by atoms with Crippen molar-refractivity contribution in [3.8, 4) is 0 Å². The predicted octanol–water partition coefficient (Wildman–Crippen LogP) is 0.662. The van der Waals surface area contributed by atoms with Crippen molar-refractivity contribution in [2.24, 2.45) is 16.5 Å². The van der Waals surface area contributed by atoms with Crippen LogP contribution in [0.1, 0.15) is 0 Å². The molecule has 0 aliphatic rings. The average Bonchev–Trinajstić information content (AvgIpc) is 1.85. The van der Waals surface area contributed by atoms with Gasteiger partial charge in [0, 0.05) is 6.20 Å². The molecule has 0 atom stereocenters. The SMILES string of the molecule is C=C(Cl)N=C(Cl)/C(=C\N)C(N)=O. The lowest BCUT2D eigenvalue weighted by atomic mass is 10.3. The second-order valence-corrected chi connectivity index (χ2v) is 2.52. The Hall–Kier alpha value is -1.00. The standard InChI is InChI=1S/C6H7Cl2N3O/c1-3(7)11-5(8)4(2-9)6(10)12/h2H,1,9H2,(H2,10,12)/b4-2+,11-5?. The molecule has 6 heteroatoms. The Morgan fingerprint density at radius 1 is 1.50 bits per heavy atom. The lowest BCUT2D eigenvalue weighted by molar-refractivity contribution is -0.114. The number of aliphatic imine (C=N–C) groups is 1. The number of carbonyl (C=O) groups excluding carboxylic acids is 1. The minimum Gasteiger partial charge on any atom is -0.404 e. The average molecular weight is 208 g/mol. The first-order chi connectivity index (χ1) is 5.49. The third kappa shape index (κ3) is 3.41. The summed E-state index contributed by atoms with van der Waals surface area (Å²) in [4.78, 5) is 14.1. The zero-order chi connectivity index (χ0) is 9.72. The second kappa shape index (κ2) is 4.79. The quantitative estimate of drug-likeness (QED) is 0.405. The Labute approximate surface area is 79.5 Å². The van der Waals surface area contributed by atoms with Crippen LogP contribution in [0.5, 0.6) is 0 Å². The van der Waals surface area contributed by atoms with E-state index < -0.39 is 5.91 Å². The summed E-state index contributed by atoms with van der Waals surface area (Å²) in [5.74, 6) is -0.774. The highest BCUT2D eigenvalue weighted by Crippen LogP contribution is 2.07. The highest BCUT2D eigenvalue weighted by atomic mass is 35.5. The van der Waals surface area contributed by atoms with Crippen molar-refractivity contribution in [2.45, 2.75) is 0 Å². The summed E-state index contributed by atoms with van der Waals surface area (Å²) < 4.78 is 0. The molecule has 4 N–H and O–H groups in total. The lowest BCUT2D eigenvalue weighted by Gasteiger charge is -1.97. The Kier molecular flexibility index (Phi) is 4.39. The molecule has 0 rings (SSSR count). The van der Waals surface area contributed by atoms with Gasteiger partial charge in [-0.05, 0) is 0 Å². The molecule has 0 bridgehead atoms. The minimum atomic E-state index is -0.774. The van der Waals surface area contributed by atoms with E-state index in [9.17, 15) is 4.79 Å². The molecule has 0 fully saturated rings. The maximum absolute atomic E-state index is 10.6. The number of amides is 1. The number of nitrogens with two attached hydrogens (primary N) is 2. The third-order valence-corrected chi connectivity index (χ3v) is 1.25. The molecule has 0 heterocycles. The normalized spacial score (nSPS) is 12.8. The molecule has 0 unspecified atom stereocenters. The van der Waals surface area contributed by atoms with Gasteiger partial charge in [0.05, 0.1) is 5.57 Å². The molecule has 0 aromatic heterocycles. The predicted molar refractivity (Wildman–Crippen MR) is 49.7 cm³/mol. The highest BCUT2D eigenvalue weighted by molar-refractivity contribution is 6.72. The van der Waals surface area contributed by atoms with Gasteiger partial charge in [-0.3, -0.25) is 4.79 Å². The van der Waals surface area contributed by atoms with E-state index in [0.717, 1.165) is 6.20 Å². The fourth-order valence-corrected chi connectivity index (χ4v) is 0.805. The van der Waals surface area contributed by atoms with Crippen molar-refractivity contribution in [3.63, 3.8) is 0 Å². The van der Waals surface area contributed by atoms with Gasteiger partial charge in [-0.1, -0.05) is 29.8 Å². The molecule has 4 nitrogen and oxygen atoms in total. The van der Waals surface area contributed by atoms with E-state index in [4.69, 9.17) is 34.7 Å². The molecule has 0 aliphatic heterocycles. The molecule has 1 amide bonds. The summed E-state index contributed by atoms with van der Waals surface area (Å²) in [6, 6.07) is 0. The van der Waals surface area contributed by atoms with Gasteiger partial charge in [0.1, 0.15) is 10.3 Å². The van der Waals surface area contributed by atoms with Crippen molar-refractivity contribution in [1.29, 1.82) is 0 Å². The van der Waals surface area contributed by atoms with E-state index in [1.807, 2.05) is 0 Å². The number of carbonyl (C=O) groups is 1. The van der Waals surface area contributed by atoms with Crippen LogP contribution in [-0.4, -0.2) is 11.1 Å². The van der Waals surface area contributed by atoms with E-state index in [2.05, 4.69) is 11.6 Å². The van der Waals surface area contributed by atoms with Crippen LogP contribution < -0.4 is 11.5 Å². The van der Waals surface area contributed by atoms with E-state index in [-0.39, 0.29) is 15.9 Å². The van der Waals surface area contributed by atoms with Gasteiger partial charge < -0.3 is 11.5 Å². The Morgan fingerprint density at radius 2 is 2.00 bits per heavy atom. The van der Waals surface area contributed by atoms with E-state index in [1.165, 1.54) is 0 Å². The molecule has 66 valence electrons. The molecular formula is C6H7Cl2N3O. The summed E-state index contributed by atoms with van der Waals surface area (Å²) in [6.07, 6.45) is 0.952. The number of hydrogen-bond acceptors (Lipinski definition) is 3. The summed E-state index contributed by atoms with van der Waals surface area (Å²) in [5, 5.41) is -0.231. The second-order valence-electron chi connectivity index (χ2n) is 1.72. The van der Waals surface area contributed by atoms with Crippen molar-refractivity contribution in [1.82, 2.24) is 0 Å². The number of hydrogen-bond donors (Lipinski definition) is 2. The first-order valence-corrected chi connectivity index (χ1v) is 3.55. The Balaban J connectivity index is 4.78. The molecular weight excluding hydrogens is 201 g/mol. The lowest BCUT2D eigenvalue weighted by Crippen LogP contribution is -2.19. The molecule has 0 aliphatic carbocycles. The van der Waals surface area contributed by atoms with Crippen molar-refractivity contribution in [2.75, 3.05) is 0 Å². The van der Waals surface area contributed by atoms with Gasteiger partial charge in [0.25, 0.3) is 5.91 Å². The van der Waals surface area contributed by atoms with Crippen molar-refractivity contribution < 1.29 is 4.79 Å². The first-order valence-electron chi connectivity index (χ1n) is 2.79. The van der Waals surface area contributed by atoms with E-state index >= 15 is 0 Å². The molecule has 0 saturated heterocycles. The number of nitrogens with zero attached hydrogens (tertiary/aromatic N) is 1. The minimum absolute atomic E-state index is 0.0550. The fourth-order valence-electron chi connectivity index (χ4n) is 0.419. The molecule has 12 heavy (non-hydrogen) atoms. The summed E-state index contributed by atoms with van der Waals surface area (Å²) in [5.41, 5.74) is 9.85. The molecule has 0 aromatic carbocycles. The largest absolute Gasteiger partial charge is 0.404 e. The van der Waals surface area contributed by atoms with E-state index in [0.29, 0.717) is 0 Å². The maximum atomic E-state index is 10.6. The van der Waals surface area contributed by atoms with Crippen LogP contribution in [0.25, 0.3) is 0 Å². The number of primary amides is 1. The first kappa shape index (κ1) is 11.0. The molecule has 0 spiro atoms. The smallest absolute Gasteiger partial charge is 0.253 e. The van der Waals surface area contributed by atoms with Gasteiger partial charge in [0.15, 0.2) is 0 Å². The van der Waals surface area contributed by atoms with Crippen LogP contribution in [0.2, 0.25) is 0 Å². The third-order valence-electron chi connectivity index (χ3n) is 0.874. The van der Waals surface area contributed by atoms with Crippen LogP contribution >= 0.6 is 23.2 Å². The van der Waals surface area contributed by atoms with Gasteiger partial charge >= 0.3 is 0 Å². The van der Waals surface area contributed by atoms with E-state index in [1.54, 1.807) is 0 Å². The summed E-state index contributed by atoms with van der Waals surface area (Å²) >= 11 is 10.8. The van der Waals surface area contributed by atoms with Gasteiger partial charge in [0.2, 0.25) is 0 Å². The monoisotopic (exact) mass is 207 g/mol. The van der Waals surface area contributed by atoms with Crippen LogP contribution in [0, 0.1) is 0 Å². The van der Waals surface area contributed by atoms with Crippen molar-refractivity contribution >= 4 is 34.3 Å². The highest BCUT2D eigenvalue weighted by Gasteiger charge is 2.09. The fraction of sp³-hybridized carbons (Fsp3) is 0. The zero-order valence-electron chi connectivity index (χ0n) is 6.05. The van der Waals surface area contributed by atoms with Gasteiger partial charge in [-0.25, -0.2) is 4.99 Å². The molecule has 0 saturated carbocycles. The van der Waals surface area contributed by atoms with Crippen LogP contribution in [-0.2, 0) is 4.79 Å². The Morgan fingerprint density at radius 3 is 2.25 bits per heavy atom. The topological polar surface area (TPSA) is 81.5 Å². The summed E-state index contributed by atoms with van der Waals surface area (Å²) in [6.45, 7) is 3.24. The van der Waals surface area contributed by atoms with Crippen molar-refractivity contribution in [3.05, 3.63) is 23.5 Å². The summed E-state index contributed by atoms with van der Waals surface area (Å²) in [7, 11) is 0. The Bertz CT molecular complexity index is 270. The zero-order valence-corrected chi connectivity index (χ0v) is 7.56. The molecule has 0 radical (unpaired) electrons. The number of halogens is 2. The number of rotatable bonds is 3. The van der Waals surface area contributed by atoms with Gasteiger partial charge in [-0.2, -0.15) is 0 Å². The van der Waals surface area contributed by atoms with Crippen LogP contribution in [0.3, 0.4) is 0 Å². The maximum Gasteiger partial charge on any atom is 0.253 e. The van der Waals surface area contributed by atoms with Crippen LogP contribution in [0.15, 0.2) is 28.5 Å². The van der Waals surface area contributed by atoms with Gasteiger partial charge in [-0.15, -0.1) is 0 Å².